The number of carbonyl (C=O) groups is 2. The topological polar surface area (TPSA) is 189 Å². The summed E-state index contributed by atoms with van der Waals surface area (Å²) in [7, 11) is -4.72. The molecule has 0 bridgehead atoms. The summed E-state index contributed by atoms with van der Waals surface area (Å²) in [6, 6.07) is 0. The van der Waals surface area contributed by atoms with Gasteiger partial charge >= 0.3 is 19.8 Å². The molecule has 5 atom stereocenters. The summed E-state index contributed by atoms with van der Waals surface area (Å²) < 4.78 is 32.4. The number of aliphatic hydroxyl groups is 4. The second-order valence-electron chi connectivity index (χ2n) is 14.3. The van der Waals surface area contributed by atoms with Gasteiger partial charge in [0, 0.05) is 12.8 Å². The number of carbonyl (C=O) groups excluding carboxylic acids is 2. The second kappa shape index (κ2) is 41.9. The van der Waals surface area contributed by atoms with Gasteiger partial charge in [-0.25, -0.2) is 4.57 Å². The Labute approximate surface area is 366 Å². The van der Waals surface area contributed by atoms with E-state index in [4.69, 9.17) is 19.1 Å². The van der Waals surface area contributed by atoms with Gasteiger partial charge in [-0.15, -0.1) is 0 Å². The first-order valence-electron chi connectivity index (χ1n) is 22.0. The van der Waals surface area contributed by atoms with Gasteiger partial charge in [0.25, 0.3) is 0 Å². The lowest BCUT2D eigenvalue weighted by molar-refractivity contribution is -0.161. The highest BCUT2D eigenvalue weighted by Gasteiger charge is 2.27. The van der Waals surface area contributed by atoms with Gasteiger partial charge in [0.1, 0.15) is 12.7 Å². The molecule has 0 aliphatic rings. The summed E-state index contributed by atoms with van der Waals surface area (Å²) in [5.41, 5.74) is 0. The molecule has 0 heterocycles. The van der Waals surface area contributed by atoms with Crippen molar-refractivity contribution in [3.63, 3.8) is 0 Å². The highest BCUT2D eigenvalue weighted by molar-refractivity contribution is 7.47. The van der Waals surface area contributed by atoms with Crippen LogP contribution >= 0.6 is 7.82 Å². The van der Waals surface area contributed by atoms with E-state index >= 15 is 0 Å². The Morgan fingerprint density at radius 1 is 0.557 bits per heavy atom. The molecule has 0 saturated carbocycles. The van der Waals surface area contributed by atoms with Crippen LogP contribution in [0.3, 0.4) is 0 Å². The maximum Gasteiger partial charge on any atom is 0.472 e. The van der Waals surface area contributed by atoms with Crippen molar-refractivity contribution in [2.24, 2.45) is 0 Å². The highest BCUT2D eigenvalue weighted by atomic mass is 31.2. The van der Waals surface area contributed by atoms with Crippen molar-refractivity contribution < 1.29 is 58.0 Å². The van der Waals surface area contributed by atoms with Crippen LogP contribution in [0.1, 0.15) is 129 Å². The van der Waals surface area contributed by atoms with Crippen LogP contribution in [-0.4, -0.2) is 88.1 Å². The van der Waals surface area contributed by atoms with Gasteiger partial charge < -0.3 is 34.8 Å². The Hall–Kier alpha value is -3.45. The third-order valence-electron chi connectivity index (χ3n) is 8.63. The normalized spacial score (nSPS) is 15.9. The van der Waals surface area contributed by atoms with Gasteiger partial charge in [0.05, 0.1) is 32.0 Å². The number of aliphatic hydroxyl groups excluding tert-OH is 4. The van der Waals surface area contributed by atoms with Gasteiger partial charge in [-0.1, -0.05) is 136 Å². The van der Waals surface area contributed by atoms with E-state index in [1.165, 1.54) is 19.3 Å². The Kier molecular flexibility index (Phi) is 39.5. The molecule has 0 aliphatic heterocycles. The van der Waals surface area contributed by atoms with E-state index in [1.807, 2.05) is 30.4 Å². The Balaban J connectivity index is 4.67. The van der Waals surface area contributed by atoms with E-state index in [0.29, 0.717) is 19.3 Å². The molecule has 0 fully saturated rings. The summed E-state index contributed by atoms with van der Waals surface area (Å²) in [5.74, 6) is -1.32. The smallest absolute Gasteiger partial charge is 0.462 e. The molecule has 0 aromatic rings. The van der Waals surface area contributed by atoms with E-state index in [0.717, 1.165) is 44.9 Å². The number of phosphoric ester groups is 1. The van der Waals surface area contributed by atoms with Crippen molar-refractivity contribution in [1.29, 1.82) is 0 Å². The molecular weight excluding hydrogens is 799 g/mol. The Morgan fingerprint density at radius 2 is 1.05 bits per heavy atom. The molecule has 0 radical (unpaired) electrons. The van der Waals surface area contributed by atoms with Crippen molar-refractivity contribution in [1.82, 2.24) is 0 Å². The van der Waals surface area contributed by atoms with Crippen LogP contribution in [0.4, 0.5) is 0 Å². The zero-order valence-corrected chi connectivity index (χ0v) is 37.7. The second-order valence-corrected chi connectivity index (χ2v) is 15.7. The maximum atomic E-state index is 12.6. The molecule has 13 heteroatoms. The SMILES string of the molecule is CC/C=C\C/C=C\C/C=C\C/C=C\C[C@H](O)[C@@H](O)CCCC(=O)OC[C@H](COP(=O)(O)OC[C@@H](O)CO)OC(=O)CC/C=C\C/C=C\C/C=C\C/C=C\C/C=C\CCCCC. The van der Waals surface area contributed by atoms with E-state index in [1.54, 1.807) is 6.08 Å². The summed E-state index contributed by atoms with van der Waals surface area (Å²) in [4.78, 5) is 35.0. The van der Waals surface area contributed by atoms with Gasteiger partial charge in [0.2, 0.25) is 0 Å². The predicted octanol–water partition coefficient (Wildman–Crippen LogP) is 9.72. The van der Waals surface area contributed by atoms with Gasteiger partial charge in [-0.2, -0.15) is 0 Å². The standard InChI is InChI=1S/C48H77O12P/c1-3-5-7-9-11-13-15-17-18-19-20-21-22-23-25-27-29-31-33-37-48(54)60-44(42-59-61(55,56)58-40-43(50)39-49)41-57-47(53)38-34-36-46(52)45(51)35-32-30-28-26-24-16-14-12-10-8-6-4-2/h6,8,11-14,17-18,20-21,23-26,29-32,43-46,49-52H,3-5,7,9-10,15-16,19,22,27-28,33-42H2,1-2H3,(H,55,56)/b8-6-,13-11-,14-12-,18-17-,21-20-,25-23-,26-24-,31-29-,32-30-/t43-,44+,45-,46-/m0/s1. The van der Waals surface area contributed by atoms with Crippen LogP contribution in [0, 0.1) is 0 Å². The molecule has 1 unspecified atom stereocenters. The molecule has 61 heavy (non-hydrogen) atoms. The third-order valence-corrected chi connectivity index (χ3v) is 9.58. The molecule has 0 aromatic carbocycles. The first-order chi connectivity index (χ1) is 29.5. The van der Waals surface area contributed by atoms with Crippen molar-refractivity contribution in [3.8, 4) is 0 Å². The molecule has 0 rings (SSSR count). The summed E-state index contributed by atoms with van der Waals surface area (Å²) in [5, 5.41) is 39.0. The van der Waals surface area contributed by atoms with E-state index in [-0.39, 0.29) is 32.1 Å². The average molecular weight is 877 g/mol. The molecule has 5 N–H and O–H groups in total. The van der Waals surface area contributed by atoms with E-state index < -0.39 is 70.6 Å². The molecule has 0 saturated heterocycles. The maximum absolute atomic E-state index is 12.6. The van der Waals surface area contributed by atoms with Gasteiger partial charge in [0.15, 0.2) is 6.10 Å². The van der Waals surface area contributed by atoms with Crippen LogP contribution in [-0.2, 0) is 32.7 Å². The molecule has 12 nitrogen and oxygen atoms in total. The lowest BCUT2D eigenvalue weighted by Crippen LogP contribution is -2.30. The number of unbranched alkanes of at least 4 members (excludes halogenated alkanes) is 3. The minimum atomic E-state index is -4.72. The predicted molar refractivity (Wildman–Crippen MR) is 244 cm³/mol. The van der Waals surface area contributed by atoms with Crippen molar-refractivity contribution in [2.75, 3.05) is 26.4 Å². The molecular formula is C48H77O12P. The van der Waals surface area contributed by atoms with Crippen molar-refractivity contribution >= 4 is 19.8 Å². The molecule has 0 spiro atoms. The van der Waals surface area contributed by atoms with Crippen LogP contribution < -0.4 is 0 Å². The van der Waals surface area contributed by atoms with Crippen LogP contribution in [0.2, 0.25) is 0 Å². The van der Waals surface area contributed by atoms with Gasteiger partial charge in [-0.05, 0) is 89.9 Å². The van der Waals surface area contributed by atoms with Crippen LogP contribution in [0.15, 0.2) is 109 Å². The number of phosphoric acid groups is 1. The summed E-state index contributed by atoms with van der Waals surface area (Å²) in [6.07, 6.45) is 45.3. The summed E-state index contributed by atoms with van der Waals surface area (Å²) >= 11 is 0. The first kappa shape index (κ1) is 57.5. The molecule has 0 aromatic heterocycles. The average Bonchev–Trinajstić information content (AvgIpc) is 3.24. The fourth-order valence-corrected chi connectivity index (χ4v) is 5.91. The number of rotatable bonds is 39. The van der Waals surface area contributed by atoms with E-state index in [9.17, 15) is 34.4 Å². The van der Waals surface area contributed by atoms with Crippen LogP contribution in [0.5, 0.6) is 0 Å². The monoisotopic (exact) mass is 877 g/mol. The zero-order chi connectivity index (χ0) is 45.1. The fourth-order valence-electron chi connectivity index (χ4n) is 5.12. The van der Waals surface area contributed by atoms with E-state index in [2.05, 4.69) is 91.3 Å². The third kappa shape index (κ3) is 40.4. The minimum absolute atomic E-state index is 0.00727. The number of hydrogen-bond donors (Lipinski definition) is 5. The largest absolute Gasteiger partial charge is 0.472 e. The number of esters is 2. The number of allylic oxidation sites excluding steroid dienone is 17. The Bertz CT molecular complexity index is 1410. The van der Waals surface area contributed by atoms with Gasteiger partial charge in [-0.3, -0.25) is 18.6 Å². The molecule has 0 aliphatic carbocycles. The number of hydrogen-bond acceptors (Lipinski definition) is 11. The molecule has 346 valence electrons. The van der Waals surface area contributed by atoms with Crippen molar-refractivity contribution in [2.45, 2.75) is 154 Å². The lowest BCUT2D eigenvalue weighted by atomic mass is 10.0. The van der Waals surface area contributed by atoms with Crippen molar-refractivity contribution in [3.05, 3.63) is 109 Å². The van der Waals surface area contributed by atoms with Crippen LogP contribution in [0.25, 0.3) is 0 Å². The highest BCUT2D eigenvalue weighted by Crippen LogP contribution is 2.43. The lowest BCUT2D eigenvalue weighted by Gasteiger charge is -2.20. The molecule has 0 amide bonds. The fraction of sp³-hybridized carbons (Fsp3) is 0.583. The quantitative estimate of drug-likeness (QED) is 0.0170. The number of ether oxygens (including phenoxy) is 2. The summed E-state index contributed by atoms with van der Waals surface area (Å²) in [6.45, 7) is 1.79. The minimum Gasteiger partial charge on any atom is -0.462 e. The zero-order valence-electron chi connectivity index (χ0n) is 36.8. The first-order valence-corrected chi connectivity index (χ1v) is 23.5. The Morgan fingerprint density at radius 3 is 1.57 bits per heavy atom.